The third-order valence-electron chi connectivity index (χ3n) is 1.30. The van der Waals surface area contributed by atoms with Crippen LogP contribution in [0.25, 0.3) is 0 Å². The van der Waals surface area contributed by atoms with E-state index in [1.54, 1.807) is 0 Å². The van der Waals surface area contributed by atoms with E-state index in [0.717, 1.165) is 0 Å². The van der Waals surface area contributed by atoms with Gasteiger partial charge in [0.2, 0.25) is 0 Å². The topological polar surface area (TPSA) is 0 Å². The Labute approximate surface area is 97.1 Å². The summed E-state index contributed by atoms with van der Waals surface area (Å²) in [6, 6.07) is 0. The van der Waals surface area contributed by atoms with E-state index >= 15 is 0 Å². The second-order valence-electron chi connectivity index (χ2n) is 2.23. The molecule has 0 heterocycles. The van der Waals surface area contributed by atoms with Crippen LogP contribution in [0.1, 0.15) is 0 Å². The van der Waals surface area contributed by atoms with Crippen LogP contribution in [-0.2, 0) is 0 Å². The Morgan fingerprint density at radius 3 is 1.27 bits per heavy atom. The van der Waals surface area contributed by atoms with Crippen molar-refractivity contribution in [2.75, 3.05) is 0 Å². The molecule has 0 radical (unpaired) electrons. The van der Waals surface area contributed by atoms with Gasteiger partial charge in [-0.1, -0.05) is 0 Å². The maximum Gasteiger partial charge on any atom is -0.107 e. The second kappa shape index (κ2) is 11.0. The van der Waals surface area contributed by atoms with Crippen LogP contribution < -0.4 is 0 Å². The Morgan fingerprint density at radius 2 is 1.09 bits per heavy atom. The third kappa shape index (κ3) is 8.91. The van der Waals surface area contributed by atoms with Crippen molar-refractivity contribution in [2.24, 2.45) is 0 Å². The van der Waals surface area contributed by atoms with Crippen molar-refractivity contribution in [3.8, 4) is 0 Å². The number of rotatable bonds is 6. The number of allylic oxidation sites excluding steroid dienone is 3. The monoisotopic (exact) mass is 489 g/mol. The van der Waals surface area contributed by atoms with E-state index in [-0.39, 0.29) is 24.0 Å². The quantitative estimate of drug-likeness (QED) is 0.391. The summed E-state index contributed by atoms with van der Waals surface area (Å²) < 4.78 is 3.87. The zero-order valence-electron chi connectivity index (χ0n) is 6.88. The zero-order valence-corrected chi connectivity index (χ0v) is 13.4. The van der Waals surface area contributed by atoms with Gasteiger partial charge in [-0.2, -0.15) is 0 Å². The van der Waals surface area contributed by atoms with E-state index in [9.17, 15) is 0 Å². The first-order valence-electron chi connectivity index (χ1n) is 3.51. The summed E-state index contributed by atoms with van der Waals surface area (Å²) in [6.45, 7) is 11.3. The summed E-state index contributed by atoms with van der Waals surface area (Å²) in [5, 5.41) is 0. The van der Waals surface area contributed by atoms with Gasteiger partial charge in [0, 0.05) is 0 Å². The maximum absolute atomic E-state index is 3.75. The fourth-order valence-electron chi connectivity index (χ4n) is 0.862. The molecule has 11 heavy (non-hydrogen) atoms. The first kappa shape index (κ1) is 14.5. The molecule has 0 aliphatic carbocycles. The zero-order chi connectivity index (χ0) is 7.82. The molecule has 0 saturated heterocycles. The molecule has 0 saturated carbocycles. The van der Waals surface area contributed by atoms with Gasteiger partial charge in [-0.15, -0.1) is 24.0 Å². The van der Waals surface area contributed by atoms with Crippen molar-refractivity contribution in [2.45, 2.75) is 10.4 Å². The molecule has 0 N–H and O–H groups in total. The van der Waals surface area contributed by atoms with Crippen LogP contribution in [0.3, 0.4) is 0 Å². The van der Waals surface area contributed by atoms with Gasteiger partial charge in [0.25, 0.3) is 0 Å². The van der Waals surface area contributed by atoms with E-state index in [4.69, 9.17) is 0 Å². The van der Waals surface area contributed by atoms with Crippen LogP contribution in [0.5, 0.6) is 0 Å². The van der Waals surface area contributed by atoms with Gasteiger partial charge >= 0.3 is 74.4 Å². The molecule has 0 rings (SSSR count). The van der Waals surface area contributed by atoms with Crippen molar-refractivity contribution in [1.82, 2.24) is 0 Å². The van der Waals surface area contributed by atoms with Crippen LogP contribution in [0, 0.1) is 26.0 Å². The third-order valence-corrected chi connectivity index (χ3v) is 12.1. The SMILES string of the molecule is C=C[CH2][U]([CH2]C=C)[CH2]C=C.I. The molecule has 0 aliphatic rings. The average molecular weight is 489 g/mol. The average Bonchev–Trinajstić information content (AvgIpc) is 1.90. The van der Waals surface area contributed by atoms with Crippen LogP contribution in [0.15, 0.2) is 38.0 Å². The van der Waals surface area contributed by atoms with E-state index < -0.39 is 26.0 Å². The molecular formula is C9H16IU. The van der Waals surface area contributed by atoms with Crippen LogP contribution in [-0.4, -0.2) is 0 Å². The molecule has 63 valence electrons. The molecule has 0 aromatic heterocycles. The normalized spacial score (nSPS) is 7.64. The Kier molecular flexibility index (Phi) is 14.5. The van der Waals surface area contributed by atoms with Gasteiger partial charge in [0.1, 0.15) is 0 Å². The molecular weight excluding hydrogens is 473 g/mol. The molecule has 0 unspecified atom stereocenters. The van der Waals surface area contributed by atoms with Crippen LogP contribution in [0.4, 0.5) is 0 Å². The van der Waals surface area contributed by atoms with Crippen molar-refractivity contribution in [3.63, 3.8) is 0 Å². The van der Waals surface area contributed by atoms with Gasteiger partial charge in [-0.25, -0.2) is 0 Å². The molecule has 0 spiro atoms. The predicted octanol–water partition coefficient (Wildman–Crippen LogP) is 4.04. The number of hydrogen-bond donors (Lipinski definition) is 0. The Balaban J connectivity index is 0. The fourth-order valence-corrected chi connectivity index (χ4v) is 8.04. The Bertz CT molecular complexity index is 97.0. The maximum atomic E-state index is 3.75. The van der Waals surface area contributed by atoms with Gasteiger partial charge in [-0.05, 0) is 0 Å². The summed E-state index contributed by atoms with van der Waals surface area (Å²) in [5.41, 5.74) is 0. The predicted molar refractivity (Wildman–Crippen MR) is 60.4 cm³/mol. The molecule has 2 heteroatoms. The number of hydrogen-bond acceptors (Lipinski definition) is 0. The fraction of sp³-hybridized carbons (Fsp3) is 0.333. The van der Waals surface area contributed by atoms with Gasteiger partial charge in [-0.3, -0.25) is 0 Å². The van der Waals surface area contributed by atoms with Crippen LogP contribution in [0.2, 0.25) is 10.4 Å². The first-order chi connectivity index (χ1) is 4.85. The standard InChI is InChI=1S/3C3H5.HI.U/c3*1-3-2;;/h3*3H,1-2H2;1H;. The molecule has 0 aliphatic heterocycles. The largest absolute Gasteiger partial charge is 0.107 e. The molecule has 0 aromatic carbocycles. The van der Waals surface area contributed by atoms with Crippen molar-refractivity contribution in [1.29, 1.82) is 0 Å². The number of halogens is 1. The summed E-state index contributed by atoms with van der Waals surface area (Å²) in [4.78, 5) is 0. The molecule has 0 nitrogen and oxygen atoms in total. The summed E-state index contributed by atoms with van der Waals surface area (Å²) in [6.07, 6.45) is 6.17. The van der Waals surface area contributed by atoms with E-state index in [0.29, 0.717) is 0 Å². The molecule has 0 amide bonds. The Morgan fingerprint density at radius 1 is 0.818 bits per heavy atom. The smallest absolute Gasteiger partial charge is 0.107 e. The minimum atomic E-state index is -1.35. The second-order valence-corrected chi connectivity index (χ2v) is 13.6. The minimum absolute atomic E-state index is 0. The van der Waals surface area contributed by atoms with E-state index in [1.807, 2.05) is 0 Å². The van der Waals surface area contributed by atoms with Crippen molar-refractivity contribution in [3.05, 3.63) is 38.0 Å². The molecule has 0 atom stereocenters. The summed E-state index contributed by atoms with van der Waals surface area (Å²) >= 11 is -1.35. The van der Waals surface area contributed by atoms with Crippen LogP contribution >= 0.6 is 24.0 Å². The summed E-state index contributed by atoms with van der Waals surface area (Å²) in [7, 11) is 0. The molecule has 0 aromatic rings. The van der Waals surface area contributed by atoms with Gasteiger partial charge in [0.05, 0.1) is 0 Å². The van der Waals surface area contributed by atoms with E-state index in [2.05, 4.69) is 38.0 Å². The van der Waals surface area contributed by atoms with E-state index in [1.165, 1.54) is 10.4 Å². The van der Waals surface area contributed by atoms with Crippen molar-refractivity contribution >= 4 is 24.0 Å². The summed E-state index contributed by atoms with van der Waals surface area (Å²) in [5.74, 6) is 0. The first-order valence-corrected chi connectivity index (χ1v) is 12.3. The minimum Gasteiger partial charge on any atom is -0.107 e. The van der Waals surface area contributed by atoms with Gasteiger partial charge in [0.15, 0.2) is 0 Å². The van der Waals surface area contributed by atoms with Crippen molar-refractivity contribution < 1.29 is 26.0 Å². The molecule has 0 bridgehead atoms. The molecule has 0 fully saturated rings. The van der Waals surface area contributed by atoms with Gasteiger partial charge < -0.3 is 0 Å². The Hall–Kier alpha value is 1.00.